The summed E-state index contributed by atoms with van der Waals surface area (Å²) in [6.07, 6.45) is 2.11. The second-order valence-electron chi connectivity index (χ2n) is 8.23. The molecule has 4 heteroatoms. The number of aryl methyl sites for hydroxylation is 1. The van der Waals surface area contributed by atoms with Gasteiger partial charge in [0.25, 0.3) is 0 Å². The minimum atomic E-state index is -1.32. The van der Waals surface area contributed by atoms with E-state index < -0.39 is 12.3 Å². The second kappa shape index (κ2) is 13.2. The van der Waals surface area contributed by atoms with E-state index in [1.807, 2.05) is 12.1 Å². The van der Waals surface area contributed by atoms with Crippen molar-refractivity contribution in [2.24, 2.45) is 0 Å². The molecule has 0 aromatic heterocycles. The van der Waals surface area contributed by atoms with Crippen LogP contribution in [0.5, 0.6) is 0 Å². The molecule has 1 aliphatic rings. The van der Waals surface area contributed by atoms with Crippen LogP contribution in [0.1, 0.15) is 62.6 Å². The molecule has 0 amide bonds. The first-order valence-corrected chi connectivity index (χ1v) is 11.5. The van der Waals surface area contributed by atoms with E-state index in [0.717, 1.165) is 44.3 Å². The number of rotatable bonds is 10. The average molecular weight is 427 g/mol. The first-order valence-electron chi connectivity index (χ1n) is 11.5. The number of likely N-dealkylation sites (N-methyl/N-ethyl adjacent to an activating group) is 1. The van der Waals surface area contributed by atoms with E-state index in [1.165, 1.54) is 18.1 Å². The SMILES string of the molecule is CC#N.CCC(CCc1ccc(C2CC(F)C2F)cc1)N(CC)CCc1ccccc1. The maximum Gasteiger partial charge on any atom is 0.138 e. The number of nitriles is 1. The van der Waals surface area contributed by atoms with Crippen molar-refractivity contribution in [3.05, 3.63) is 71.3 Å². The summed E-state index contributed by atoms with van der Waals surface area (Å²) in [6, 6.07) is 21.2. The predicted molar refractivity (Wildman–Crippen MR) is 125 cm³/mol. The molecule has 0 heterocycles. The summed E-state index contributed by atoms with van der Waals surface area (Å²) in [6.45, 7) is 8.09. The van der Waals surface area contributed by atoms with Crippen molar-refractivity contribution in [1.82, 2.24) is 4.90 Å². The average Bonchev–Trinajstić information content (AvgIpc) is 2.81. The summed E-state index contributed by atoms with van der Waals surface area (Å²) >= 11 is 0. The van der Waals surface area contributed by atoms with Gasteiger partial charge in [-0.2, -0.15) is 5.26 Å². The van der Waals surface area contributed by atoms with Crippen LogP contribution in [0, 0.1) is 11.3 Å². The van der Waals surface area contributed by atoms with Crippen LogP contribution in [-0.4, -0.2) is 36.4 Å². The van der Waals surface area contributed by atoms with Crippen LogP contribution in [-0.2, 0) is 12.8 Å². The molecule has 2 nitrogen and oxygen atoms in total. The third-order valence-corrected chi connectivity index (χ3v) is 6.31. The zero-order valence-electron chi connectivity index (χ0n) is 19.1. The van der Waals surface area contributed by atoms with E-state index >= 15 is 0 Å². The Morgan fingerprint density at radius 2 is 1.61 bits per heavy atom. The van der Waals surface area contributed by atoms with Crippen LogP contribution in [0.3, 0.4) is 0 Å². The largest absolute Gasteiger partial charge is 0.300 e. The molecule has 0 aliphatic heterocycles. The van der Waals surface area contributed by atoms with Crippen molar-refractivity contribution in [1.29, 1.82) is 5.26 Å². The smallest absolute Gasteiger partial charge is 0.138 e. The highest BCUT2D eigenvalue weighted by atomic mass is 19.2. The number of hydrogen-bond donors (Lipinski definition) is 0. The van der Waals surface area contributed by atoms with Crippen molar-refractivity contribution in [3.8, 4) is 6.07 Å². The zero-order chi connectivity index (χ0) is 22.6. The molecular weight excluding hydrogens is 390 g/mol. The van der Waals surface area contributed by atoms with E-state index in [2.05, 4.69) is 61.2 Å². The van der Waals surface area contributed by atoms with E-state index in [9.17, 15) is 8.78 Å². The molecule has 2 aromatic carbocycles. The van der Waals surface area contributed by atoms with Gasteiger partial charge in [-0.15, -0.1) is 0 Å². The number of nitrogens with zero attached hydrogens (tertiary/aromatic N) is 2. The number of benzene rings is 2. The van der Waals surface area contributed by atoms with Crippen molar-refractivity contribution >= 4 is 0 Å². The van der Waals surface area contributed by atoms with Gasteiger partial charge in [-0.3, -0.25) is 0 Å². The molecule has 0 bridgehead atoms. The molecule has 4 atom stereocenters. The fourth-order valence-corrected chi connectivity index (χ4v) is 4.30. The monoisotopic (exact) mass is 426 g/mol. The highest BCUT2D eigenvalue weighted by Gasteiger charge is 2.42. The molecule has 3 rings (SSSR count). The topological polar surface area (TPSA) is 27.0 Å². The van der Waals surface area contributed by atoms with Gasteiger partial charge in [0.15, 0.2) is 0 Å². The van der Waals surface area contributed by atoms with Crippen molar-refractivity contribution in [2.45, 2.75) is 77.2 Å². The van der Waals surface area contributed by atoms with Gasteiger partial charge in [-0.05, 0) is 55.3 Å². The van der Waals surface area contributed by atoms with Crippen molar-refractivity contribution in [3.63, 3.8) is 0 Å². The van der Waals surface area contributed by atoms with Crippen LogP contribution in [0.2, 0.25) is 0 Å². The van der Waals surface area contributed by atoms with Gasteiger partial charge in [0.05, 0.1) is 6.07 Å². The molecule has 4 unspecified atom stereocenters. The minimum absolute atomic E-state index is 0.249. The summed E-state index contributed by atoms with van der Waals surface area (Å²) in [7, 11) is 0. The van der Waals surface area contributed by atoms with Gasteiger partial charge < -0.3 is 4.90 Å². The predicted octanol–water partition coefficient (Wildman–Crippen LogP) is 6.66. The first kappa shape index (κ1) is 25.0. The summed E-state index contributed by atoms with van der Waals surface area (Å²) < 4.78 is 26.7. The van der Waals surface area contributed by atoms with Crippen LogP contribution in [0.15, 0.2) is 54.6 Å². The molecule has 1 fully saturated rings. The van der Waals surface area contributed by atoms with Crippen LogP contribution >= 0.6 is 0 Å². The van der Waals surface area contributed by atoms with Gasteiger partial charge in [0.2, 0.25) is 0 Å². The van der Waals surface area contributed by atoms with E-state index in [0.29, 0.717) is 12.5 Å². The Morgan fingerprint density at radius 3 is 2.13 bits per heavy atom. The molecule has 0 spiro atoms. The lowest BCUT2D eigenvalue weighted by atomic mass is 9.76. The molecule has 31 heavy (non-hydrogen) atoms. The Balaban J connectivity index is 0.00000107. The fourth-order valence-electron chi connectivity index (χ4n) is 4.30. The number of alkyl halides is 2. The summed E-state index contributed by atoms with van der Waals surface area (Å²) in [5.41, 5.74) is 3.62. The van der Waals surface area contributed by atoms with Crippen LogP contribution in [0.4, 0.5) is 8.78 Å². The number of halogens is 2. The molecule has 2 aromatic rings. The highest BCUT2D eigenvalue weighted by molar-refractivity contribution is 5.29. The Kier molecular flexibility index (Phi) is 10.7. The lowest BCUT2D eigenvalue weighted by molar-refractivity contribution is 0.0428. The van der Waals surface area contributed by atoms with E-state index in [1.54, 1.807) is 6.07 Å². The summed E-state index contributed by atoms with van der Waals surface area (Å²) in [4.78, 5) is 2.59. The van der Waals surface area contributed by atoms with Gasteiger partial charge in [-0.25, -0.2) is 8.78 Å². The molecule has 0 saturated heterocycles. The van der Waals surface area contributed by atoms with Gasteiger partial charge in [0, 0.05) is 25.4 Å². The third kappa shape index (κ3) is 7.43. The quantitative estimate of drug-likeness (QED) is 0.425. The Bertz CT molecular complexity index is 785. The minimum Gasteiger partial charge on any atom is -0.300 e. The number of hydrogen-bond acceptors (Lipinski definition) is 2. The Hall–Kier alpha value is -2.25. The maximum absolute atomic E-state index is 13.6. The fraction of sp³-hybridized carbons (Fsp3) is 0.519. The molecule has 168 valence electrons. The summed E-state index contributed by atoms with van der Waals surface area (Å²) in [5, 5.41) is 7.32. The van der Waals surface area contributed by atoms with Crippen molar-refractivity contribution < 1.29 is 8.78 Å². The van der Waals surface area contributed by atoms with E-state index in [4.69, 9.17) is 5.26 Å². The zero-order valence-corrected chi connectivity index (χ0v) is 19.1. The Morgan fingerprint density at radius 1 is 1.00 bits per heavy atom. The van der Waals surface area contributed by atoms with Crippen molar-refractivity contribution in [2.75, 3.05) is 13.1 Å². The first-order chi connectivity index (χ1) is 15.0. The maximum atomic E-state index is 13.6. The van der Waals surface area contributed by atoms with Gasteiger partial charge in [0.1, 0.15) is 12.3 Å². The summed E-state index contributed by atoms with van der Waals surface area (Å²) in [5.74, 6) is -0.249. The second-order valence-corrected chi connectivity index (χ2v) is 8.23. The third-order valence-electron chi connectivity index (χ3n) is 6.31. The van der Waals surface area contributed by atoms with Gasteiger partial charge in [-0.1, -0.05) is 68.4 Å². The molecule has 0 radical (unpaired) electrons. The standard InChI is InChI=1S/C25H33F2N.C2H3N/c1-3-22(28(4-2)17-16-19-8-6-5-7-9-19)15-12-20-10-13-21(14-11-20)23-18-24(26)25(23)27;1-2-3/h5-11,13-14,22-25H,3-4,12,15-18H2,1-2H3;1H3. The van der Waals surface area contributed by atoms with E-state index in [-0.39, 0.29) is 5.92 Å². The Labute approximate surface area is 186 Å². The van der Waals surface area contributed by atoms with Crippen LogP contribution in [0.25, 0.3) is 0 Å². The van der Waals surface area contributed by atoms with Crippen LogP contribution < -0.4 is 0 Å². The highest BCUT2D eigenvalue weighted by Crippen LogP contribution is 2.41. The van der Waals surface area contributed by atoms with Gasteiger partial charge >= 0.3 is 0 Å². The normalized spacial score (nSPS) is 20.9. The molecule has 0 N–H and O–H groups in total. The molecule has 1 saturated carbocycles. The lowest BCUT2D eigenvalue weighted by Gasteiger charge is -2.34. The molecule has 1 aliphatic carbocycles. The molecular formula is C27H36F2N2. The lowest BCUT2D eigenvalue weighted by Crippen LogP contribution is -2.38.